The first-order chi connectivity index (χ1) is 4.92. The van der Waals surface area contributed by atoms with Gasteiger partial charge in [0.1, 0.15) is 11.9 Å². The Morgan fingerprint density at radius 1 is 1.64 bits per heavy atom. The van der Waals surface area contributed by atoms with Gasteiger partial charge in [0.25, 0.3) is 0 Å². The van der Waals surface area contributed by atoms with Crippen LogP contribution in [0.25, 0.3) is 0 Å². The van der Waals surface area contributed by atoms with E-state index in [-0.39, 0.29) is 11.6 Å². The maximum atomic E-state index is 10.9. The van der Waals surface area contributed by atoms with Gasteiger partial charge < -0.3 is 5.11 Å². The molecule has 0 spiro atoms. The number of hydrogen-bond acceptors (Lipinski definition) is 4. The summed E-state index contributed by atoms with van der Waals surface area (Å²) in [6.45, 7) is 0. The standard InChI is InChI=1S/C5H9NO4S/c1-6-3-11(9,10)2-4(6)5(7)8/h4H,2-3H2,1H3,(H,7,8). The second-order valence-corrected chi connectivity index (χ2v) is 4.73. The molecule has 1 saturated heterocycles. The topological polar surface area (TPSA) is 74.7 Å². The van der Waals surface area contributed by atoms with Crippen LogP contribution >= 0.6 is 0 Å². The van der Waals surface area contributed by atoms with Gasteiger partial charge in [-0.3, -0.25) is 9.69 Å². The van der Waals surface area contributed by atoms with E-state index >= 15 is 0 Å². The molecule has 1 rings (SSSR count). The Morgan fingerprint density at radius 2 is 2.18 bits per heavy atom. The van der Waals surface area contributed by atoms with E-state index in [1.54, 1.807) is 0 Å². The van der Waals surface area contributed by atoms with Gasteiger partial charge in [-0.15, -0.1) is 0 Å². The Labute approximate surface area is 64.5 Å². The first-order valence-electron chi connectivity index (χ1n) is 3.06. The second kappa shape index (κ2) is 2.46. The molecule has 5 nitrogen and oxygen atoms in total. The average molecular weight is 179 g/mol. The van der Waals surface area contributed by atoms with Crippen molar-refractivity contribution in [3.8, 4) is 0 Å². The summed E-state index contributed by atoms with van der Waals surface area (Å²) in [7, 11) is -1.66. The Morgan fingerprint density at radius 3 is 2.36 bits per heavy atom. The monoisotopic (exact) mass is 179 g/mol. The minimum Gasteiger partial charge on any atom is -0.480 e. The molecule has 0 aromatic heterocycles. The molecular formula is C5H9NO4S. The summed E-state index contributed by atoms with van der Waals surface area (Å²) in [5.74, 6) is -1.49. The van der Waals surface area contributed by atoms with Crippen LogP contribution in [0.5, 0.6) is 0 Å². The van der Waals surface area contributed by atoms with Gasteiger partial charge in [0.15, 0.2) is 9.84 Å². The lowest BCUT2D eigenvalue weighted by Gasteiger charge is -2.10. The molecule has 1 N–H and O–H groups in total. The van der Waals surface area contributed by atoms with Crippen LogP contribution in [0.2, 0.25) is 0 Å². The van der Waals surface area contributed by atoms with Crippen molar-refractivity contribution >= 4 is 15.8 Å². The molecular weight excluding hydrogens is 170 g/mol. The van der Waals surface area contributed by atoms with Crippen molar-refractivity contribution in [1.29, 1.82) is 0 Å². The first-order valence-corrected chi connectivity index (χ1v) is 4.88. The third-order valence-corrected chi connectivity index (χ3v) is 3.25. The normalized spacial score (nSPS) is 30.5. The van der Waals surface area contributed by atoms with Crippen LogP contribution in [-0.4, -0.2) is 49.1 Å². The quantitative estimate of drug-likeness (QED) is 0.544. The molecule has 6 heteroatoms. The molecule has 11 heavy (non-hydrogen) atoms. The van der Waals surface area contributed by atoms with Gasteiger partial charge in [0, 0.05) is 0 Å². The molecule has 0 bridgehead atoms. The molecule has 0 aromatic rings. The largest absolute Gasteiger partial charge is 0.480 e. The minimum atomic E-state index is -3.14. The highest BCUT2D eigenvalue weighted by Crippen LogP contribution is 2.12. The van der Waals surface area contributed by atoms with Crippen LogP contribution in [0.1, 0.15) is 0 Å². The summed E-state index contributed by atoms with van der Waals surface area (Å²) in [5.41, 5.74) is 0. The number of hydrogen-bond donors (Lipinski definition) is 1. The van der Waals surface area contributed by atoms with Gasteiger partial charge >= 0.3 is 5.97 Å². The molecule has 0 aliphatic carbocycles. The molecule has 1 unspecified atom stereocenters. The van der Waals surface area contributed by atoms with Gasteiger partial charge in [-0.05, 0) is 7.05 Å². The van der Waals surface area contributed by atoms with Crippen molar-refractivity contribution in [1.82, 2.24) is 4.90 Å². The number of nitrogens with zero attached hydrogens (tertiary/aromatic N) is 1. The maximum absolute atomic E-state index is 10.9. The number of carboxylic acid groups (broad SMARTS) is 1. The summed E-state index contributed by atoms with van der Waals surface area (Å²) < 4.78 is 21.7. The van der Waals surface area contributed by atoms with Crippen molar-refractivity contribution in [2.24, 2.45) is 0 Å². The zero-order valence-corrected chi connectivity index (χ0v) is 6.84. The summed E-state index contributed by atoms with van der Waals surface area (Å²) >= 11 is 0. The summed E-state index contributed by atoms with van der Waals surface area (Å²) in [6.07, 6.45) is 0. The van der Waals surface area contributed by atoms with Crippen molar-refractivity contribution < 1.29 is 18.3 Å². The third kappa shape index (κ3) is 1.69. The van der Waals surface area contributed by atoms with Gasteiger partial charge in [0.2, 0.25) is 0 Å². The zero-order valence-electron chi connectivity index (χ0n) is 6.02. The van der Waals surface area contributed by atoms with E-state index in [1.165, 1.54) is 11.9 Å². The molecule has 0 saturated carbocycles. The van der Waals surface area contributed by atoms with E-state index in [9.17, 15) is 13.2 Å². The Hall–Kier alpha value is -0.620. The van der Waals surface area contributed by atoms with Gasteiger partial charge in [0.05, 0.1) is 5.75 Å². The molecule has 1 heterocycles. The molecule has 0 aromatic carbocycles. The number of likely N-dealkylation sites (N-methyl/N-ethyl adjacent to an activating group) is 1. The highest BCUT2D eigenvalue weighted by Gasteiger charge is 2.37. The first kappa shape index (κ1) is 8.48. The minimum absolute atomic E-state index is 0.149. The van der Waals surface area contributed by atoms with Crippen molar-refractivity contribution in [2.75, 3.05) is 18.7 Å². The fourth-order valence-electron chi connectivity index (χ4n) is 1.08. The zero-order chi connectivity index (χ0) is 8.65. The predicted octanol–water partition coefficient (Wildman–Crippen LogP) is -1.24. The summed E-state index contributed by atoms with van der Waals surface area (Å²) in [5, 5.41) is 8.51. The van der Waals surface area contributed by atoms with Crippen molar-refractivity contribution in [2.45, 2.75) is 6.04 Å². The second-order valence-electron chi connectivity index (χ2n) is 2.65. The maximum Gasteiger partial charge on any atom is 0.322 e. The lowest BCUT2D eigenvalue weighted by Crippen LogP contribution is -2.34. The van der Waals surface area contributed by atoms with Crippen molar-refractivity contribution in [3.63, 3.8) is 0 Å². The van der Waals surface area contributed by atoms with Crippen molar-refractivity contribution in [3.05, 3.63) is 0 Å². The van der Waals surface area contributed by atoms with Gasteiger partial charge in [-0.25, -0.2) is 8.42 Å². The summed E-state index contributed by atoms with van der Waals surface area (Å²) in [4.78, 5) is 11.7. The molecule has 64 valence electrons. The van der Waals surface area contributed by atoms with Crippen LogP contribution in [-0.2, 0) is 14.6 Å². The molecule has 1 fully saturated rings. The van der Waals surface area contributed by atoms with E-state index < -0.39 is 21.8 Å². The Kier molecular flexibility index (Phi) is 1.89. The van der Waals surface area contributed by atoms with E-state index in [0.29, 0.717) is 0 Å². The highest BCUT2D eigenvalue weighted by molar-refractivity contribution is 7.91. The Balaban J connectivity index is 2.83. The fourth-order valence-corrected chi connectivity index (χ4v) is 2.86. The van der Waals surface area contributed by atoms with Crippen LogP contribution in [0.4, 0.5) is 0 Å². The predicted molar refractivity (Wildman–Crippen MR) is 37.8 cm³/mol. The highest BCUT2D eigenvalue weighted by atomic mass is 32.2. The van der Waals surface area contributed by atoms with Gasteiger partial charge in [-0.1, -0.05) is 0 Å². The SMILES string of the molecule is CN1CS(=O)(=O)CC1C(=O)O. The van der Waals surface area contributed by atoms with Crippen LogP contribution in [0, 0.1) is 0 Å². The molecule has 1 aliphatic heterocycles. The van der Waals surface area contributed by atoms with E-state index in [2.05, 4.69) is 0 Å². The molecule has 0 amide bonds. The number of carboxylic acids is 1. The third-order valence-electron chi connectivity index (χ3n) is 1.63. The van der Waals surface area contributed by atoms with E-state index in [4.69, 9.17) is 5.11 Å². The fraction of sp³-hybridized carbons (Fsp3) is 0.800. The summed E-state index contributed by atoms with van der Waals surface area (Å²) in [6, 6.07) is -0.861. The van der Waals surface area contributed by atoms with Crippen LogP contribution in [0.15, 0.2) is 0 Å². The number of rotatable bonds is 1. The number of aliphatic carboxylic acids is 1. The lowest BCUT2D eigenvalue weighted by molar-refractivity contribution is -0.141. The van der Waals surface area contributed by atoms with Crippen LogP contribution < -0.4 is 0 Å². The molecule has 1 aliphatic rings. The smallest absolute Gasteiger partial charge is 0.322 e. The molecule has 0 radical (unpaired) electrons. The lowest BCUT2D eigenvalue weighted by atomic mass is 10.3. The van der Waals surface area contributed by atoms with Crippen LogP contribution in [0.3, 0.4) is 0 Å². The number of sulfone groups is 1. The average Bonchev–Trinajstić information content (AvgIpc) is 2.05. The van der Waals surface area contributed by atoms with Gasteiger partial charge in [-0.2, -0.15) is 0 Å². The number of carbonyl (C=O) groups is 1. The molecule has 1 atom stereocenters. The van der Waals surface area contributed by atoms with E-state index in [1.807, 2.05) is 0 Å². The Bertz CT molecular complexity index is 270. The van der Waals surface area contributed by atoms with E-state index in [0.717, 1.165) is 0 Å².